The van der Waals surface area contributed by atoms with Gasteiger partial charge in [-0.05, 0) is 41.1 Å². The molecule has 11 heteroatoms. The fourth-order valence-electron chi connectivity index (χ4n) is 2.84. The molecule has 0 atom stereocenters. The van der Waals surface area contributed by atoms with Gasteiger partial charge in [0.15, 0.2) is 0 Å². The van der Waals surface area contributed by atoms with Crippen LogP contribution in [0.25, 0.3) is 10.4 Å². The molecule has 3 aromatic heterocycles. The second kappa shape index (κ2) is 10.2. The molecule has 0 aliphatic heterocycles. The number of carbonyl (C=O) groups is 2. The van der Waals surface area contributed by atoms with Gasteiger partial charge < -0.3 is 14.5 Å². The first-order valence-electron chi connectivity index (χ1n) is 9.71. The van der Waals surface area contributed by atoms with Crippen LogP contribution in [-0.2, 0) is 16.1 Å². The molecule has 1 amide bonds. The molecule has 0 aliphatic carbocycles. The summed E-state index contributed by atoms with van der Waals surface area (Å²) < 4.78 is 12.0. The lowest BCUT2D eigenvalue weighted by atomic mass is 10.2. The summed E-state index contributed by atoms with van der Waals surface area (Å²) in [5.41, 5.74) is 1.38. The molecule has 0 unspecified atom stereocenters. The summed E-state index contributed by atoms with van der Waals surface area (Å²) in [6, 6.07) is 15.0. The number of thiophene rings is 1. The summed E-state index contributed by atoms with van der Waals surface area (Å²) >= 11 is 2.47. The van der Waals surface area contributed by atoms with E-state index in [2.05, 4.69) is 20.8 Å². The quantitative estimate of drug-likeness (QED) is 0.290. The summed E-state index contributed by atoms with van der Waals surface area (Å²) in [6.45, 7) is 2.35. The van der Waals surface area contributed by atoms with Crippen molar-refractivity contribution in [2.45, 2.75) is 18.6 Å². The van der Waals surface area contributed by atoms with Crippen LogP contribution < -0.4 is 5.32 Å². The molecule has 1 aromatic carbocycles. The molecule has 164 valence electrons. The van der Waals surface area contributed by atoms with Crippen molar-refractivity contribution in [1.82, 2.24) is 20.2 Å². The molecule has 0 fully saturated rings. The van der Waals surface area contributed by atoms with E-state index in [-0.39, 0.29) is 18.3 Å². The van der Waals surface area contributed by atoms with Gasteiger partial charge in [-0.25, -0.2) is 9.48 Å². The Bertz CT molecular complexity index is 1190. The number of rotatable bonds is 9. The Labute approximate surface area is 191 Å². The normalized spacial score (nSPS) is 10.8. The van der Waals surface area contributed by atoms with Crippen LogP contribution >= 0.6 is 23.1 Å². The highest BCUT2D eigenvalue weighted by Gasteiger charge is 2.20. The van der Waals surface area contributed by atoms with Crippen LogP contribution in [-0.4, -0.2) is 44.4 Å². The largest absolute Gasteiger partial charge is 0.467 e. The van der Waals surface area contributed by atoms with Gasteiger partial charge in [-0.1, -0.05) is 42.1 Å². The number of nitrogens with one attached hydrogen (secondary N) is 1. The first-order chi connectivity index (χ1) is 15.6. The number of furan rings is 1. The Morgan fingerprint density at radius 3 is 2.81 bits per heavy atom. The average molecular weight is 470 g/mol. The molecule has 0 spiro atoms. The molecule has 0 saturated carbocycles. The van der Waals surface area contributed by atoms with Gasteiger partial charge in [0, 0.05) is 4.88 Å². The van der Waals surface area contributed by atoms with Crippen LogP contribution in [0.1, 0.15) is 22.4 Å². The van der Waals surface area contributed by atoms with E-state index in [0.29, 0.717) is 28.0 Å². The number of tetrazole rings is 1. The number of anilines is 1. The first-order valence-corrected chi connectivity index (χ1v) is 11.5. The lowest BCUT2D eigenvalue weighted by Crippen LogP contribution is -2.16. The van der Waals surface area contributed by atoms with Crippen LogP contribution in [0.2, 0.25) is 0 Å². The van der Waals surface area contributed by atoms with Gasteiger partial charge in [-0.15, -0.1) is 16.4 Å². The van der Waals surface area contributed by atoms with Crippen LogP contribution in [0.4, 0.5) is 5.69 Å². The second-order valence-electron chi connectivity index (χ2n) is 6.48. The first kappa shape index (κ1) is 21.8. The van der Waals surface area contributed by atoms with Gasteiger partial charge in [-0.2, -0.15) is 0 Å². The summed E-state index contributed by atoms with van der Waals surface area (Å²) in [5.74, 6) is 0.0158. The SMILES string of the molecule is CCOC(=O)c1sc(-c2ccccc2)cc1NC(=O)CSc1nnnn1Cc1ccco1. The summed E-state index contributed by atoms with van der Waals surface area (Å²) in [4.78, 5) is 26.3. The Morgan fingerprint density at radius 2 is 2.06 bits per heavy atom. The molecule has 0 bridgehead atoms. The number of hydrogen-bond donors (Lipinski definition) is 1. The predicted octanol–water partition coefficient (Wildman–Crippen LogP) is 3.95. The number of aromatic nitrogens is 4. The van der Waals surface area contributed by atoms with Crippen LogP contribution in [0, 0.1) is 0 Å². The molecule has 32 heavy (non-hydrogen) atoms. The molecular weight excluding hydrogens is 450 g/mol. The third-order valence-corrected chi connectivity index (χ3v) is 6.36. The summed E-state index contributed by atoms with van der Waals surface area (Å²) in [7, 11) is 0. The van der Waals surface area contributed by atoms with Crippen LogP contribution in [0.3, 0.4) is 0 Å². The van der Waals surface area contributed by atoms with Gasteiger partial charge >= 0.3 is 5.97 Å². The number of ether oxygens (including phenoxy) is 1. The number of esters is 1. The topological polar surface area (TPSA) is 112 Å². The summed E-state index contributed by atoms with van der Waals surface area (Å²) in [6.07, 6.45) is 1.58. The van der Waals surface area contributed by atoms with E-state index in [9.17, 15) is 9.59 Å². The van der Waals surface area contributed by atoms with Crippen molar-refractivity contribution in [2.75, 3.05) is 17.7 Å². The predicted molar refractivity (Wildman–Crippen MR) is 121 cm³/mol. The zero-order valence-corrected chi connectivity index (χ0v) is 18.7. The molecule has 4 rings (SSSR count). The Kier molecular flexibility index (Phi) is 6.97. The number of benzene rings is 1. The number of hydrogen-bond acceptors (Lipinski definition) is 9. The molecular formula is C21H19N5O4S2. The standard InChI is InChI=1S/C21H19N5O4S2/c1-2-29-20(28)19-16(11-17(32-19)14-7-4-3-5-8-14)22-18(27)13-31-21-23-24-25-26(21)12-15-9-6-10-30-15/h3-11H,2,12-13H2,1H3,(H,22,27). The Hall–Kier alpha value is -3.44. The van der Waals surface area contributed by atoms with Crippen molar-refractivity contribution in [3.8, 4) is 10.4 Å². The fourth-order valence-corrected chi connectivity index (χ4v) is 4.53. The van der Waals surface area contributed by atoms with Gasteiger partial charge in [0.25, 0.3) is 0 Å². The second-order valence-corrected chi connectivity index (χ2v) is 8.47. The maximum absolute atomic E-state index is 12.6. The molecule has 9 nitrogen and oxygen atoms in total. The van der Waals surface area contributed by atoms with Crippen LogP contribution in [0.5, 0.6) is 0 Å². The van der Waals surface area contributed by atoms with Crippen molar-refractivity contribution in [2.24, 2.45) is 0 Å². The maximum atomic E-state index is 12.6. The monoisotopic (exact) mass is 469 g/mol. The molecule has 0 saturated heterocycles. The van der Waals surface area contributed by atoms with E-state index >= 15 is 0 Å². The highest BCUT2D eigenvalue weighted by Crippen LogP contribution is 2.35. The van der Waals surface area contributed by atoms with Crippen molar-refractivity contribution in [3.05, 3.63) is 65.4 Å². The molecule has 0 radical (unpaired) electrons. The highest BCUT2D eigenvalue weighted by molar-refractivity contribution is 7.99. The third-order valence-electron chi connectivity index (χ3n) is 4.24. The molecule has 1 N–H and O–H groups in total. The zero-order chi connectivity index (χ0) is 22.3. The minimum Gasteiger partial charge on any atom is -0.467 e. The number of thioether (sulfide) groups is 1. The number of nitrogens with zero attached hydrogens (tertiary/aromatic N) is 4. The van der Waals surface area contributed by atoms with E-state index in [1.54, 1.807) is 30.0 Å². The van der Waals surface area contributed by atoms with Gasteiger partial charge in [0.2, 0.25) is 11.1 Å². The van der Waals surface area contributed by atoms with Crippen molar-refractivity contribution < 1.29 is 18.7 Å². The third kappa shape index (κ3) is 5.24. The molecule has 4 aromatic rings. The van der Waals surface area contributed by atoms with Gasteiger partial charge in [0.05, 0.1) is 24.3 Å². The number of carbonyl (C=O) groups excluding carboxylic acids is 2. The zero-order valence-electron chi connectivity index (χ0n) is 17.1. The summed E-state index contributed by atoms with van der Waals surface area (Å²) in [5, 5.41) is 14.9. The fraction of sp³-hybridized carbons (Fsp3) is 0.190. The van der Waals surface area contributed by atoms with Crippen molar-refractivity contribution >= 4 is 40.7 Å². The van der Waals surface area contributed by atoms with Crippen molar-refractivity contribution in [1.29, 1.82) is 0 Å². The molecule has 0 aliphatic rings. The lowest BCUT2D eigenvalue weighted by molar-refractivity contribution is -0.113. The van der Waals surface area contributed by atoms with Gasteiger partial charge in [-0.3, -0.25) is 4.79 Å². The minimum absolute atomic E-state index is 0.0668. The Balaban J connectivity index is 1.45. The maximum Gasteiger partial charge on any atom is 0.350 e. The van der Waals surface area contributed by atoms with E-state index in [4.69, 9.17) is 9.15 Å². The van der Waals surface area contributed by atoms with Crippen molar-refractivity contribution in [3.63, 3.8) is 0 Å². The van der Waals surface area contributed by atoms with Gasteiger partial charge in [0.1, 0.15) is 17.2 Å². The van der Waals surface area contributed by atoms with E-state index in [1.807, 2.05) is 36.4 Å². The van der Waals surface area contributed by atoms with E-state index in [0.717, 1.165) is 10.4 Å². The average Bonchev–Trinajstić information content (AvgIpc) is 3.55. The number of amides is 1. The lowest BCUT2D eigenvalue weighted by Gasteiger charge is -2.06. The minimum atomic E-state index is -0.468. The van der Waals surface area contributed by atoms with E-state index in [1.165, 1.54) is 23.1 Å². The van der Waals surface area contributed by atoms with E-state index < -0.39 is 5.97 Å². The molecule has 3 heterocycles. The smallest absolute Gasteiger partial charge is 0.350 e. The highest BCUT2D eigenvalue weighted by atomic mass is 32.2. The Morgan fingerprint density at radius 1 is 1.22 bits per heavy atom. The van der Waals surface area contributed by atoms with Crippen LogP contribution in [0.15, 0.2) is 64.4 Å².